The van der Waals surface area contributed by atoms with Gasteiger partial charge in [0.05, 0.1) is 7.11 Å². The molecular formula is C17H21NO. The lowest BCUT2D eigenvalue weighted by Gasteiger charge is -2.12. The average Bonchev–Trinajstić information content (AvgIpc) is 2.42. The Balaban J connectivity index is 1.92. The number of hydrogen-bond acceptors (Lipinski definition) is 2. The van der Waals surface area contributed by atoms with Crippen LogP contribution >= 0.6 is 0 Å². The maximum Gasteiger partial charge on any atom is 0.118 e. The number of ether oxygens (including phenoxy) is 1. The highest BCUT2D eigenvalue weighted by Crippen LogP contribution is 2.14. The second-order valence-corrected chi connectivity index (χ2v) is 5.00. The molecule has 0 fully saturated rings. The van der Waals surface area contributed by atoms with E-state index in [-0.39, 0.29) is 6.04 Å². The van der Waals surface area contributed by atoms with Crippen molar-refractivity contribution in [1.29, 1.82) is 0 Å². The van der Waals surface area contributed by atoms with Crippen molar-refractivity contribution in [2.45, 2.75) is 25.8 Å². The highest BCUT2D eigenvalue weighted by atomic mass is 16.5. The third kappa shape index (κ3) is 4.11. The minimum Gasteiger partial charge on any atom is -0.497 e. The van der Waals surface area contributed by atoms with Crippen LogP contribution < -0.4 is 10.5 Å². The van der Waals surface area contributed by atoms with Crippen LogP contribution in [0.3, 0.4) is 0 Å². The third-order valence-electron chi connectivity index (χ3n) is 3.28. The number of rotatable bonds is 5. The monoisotopic (exact) mass is 255 g/mol. The van der Waals surface area contributed by atoms with E-state index in [4.69, 9.17) is 10.5 Å². The molecule has 2 aromatic carbocycles. The first-order valence-corrected chi connectivity index (χ1v) is 6.61. The summed E-state index contributed by atoms with van der Waals surface area (Å²) in [4.78, 5) is 0. The number of aryl methyl sites for hydroxylation is 1. The standard InChI is InChI=1S/C17H21NO/c1-13-3-5-14(6-4-13)11-16(18)12-15-7-9-17(19-2)10-8-15/h3-10,16H,11-12,18H2,1-2H3. The van der Waals surface area contributed by atoms with Crippen molar-refractivity contribution in [1.82, 2.24) is 0 Å². The Morgan fingerprint density at radius 3 is 1.84 bits per heavy atom. The summed E-state index contributed by atoms with van der Waals surface area (Å²) in [5, 5.41) is 0. The summed E-state index contributed by atoms with van der Waals surface area (Å²) < 4.78 is 5.15. The van der Waals surface area contributed by atoms with Crippen molar-refractivity contribution >= 4 is 0 Å². The van der Waals surface area contributed by atoms with Crippen molar-refractivity contribution in [3.8, 4) is 5.75 Å². The predicted octanol–water partition coefficient (Wildman–Crippen LogP) is 3.12. The quantitative estimate of drug-likeness (QED) is 0.891. The van der Waals surface area contributed by atoms with E-state index in [1.165, 1.54) is 16.7 Å². The first-order chi connectivity index (χ1) is 9.17. The Hall–Kier alpha value is -1.80. The SMILES string of the molecule is COc1ccc(CC(N)Cc2ccc(C)cc2)cc1. The fourth-order valence-corrected chi connectivity index (χ4v) is 2.16. The first-order valence-electron chi connectivity index (χ1n) is 6.61. The Morgan fingerprint density at radius 2 is 1.37 bits per heavy atom. The van der Waals surface area contributed by atoms with Gasteiger partial charge in [0, 0.05) is 6.04 Å². The van der Waals surface area contributed by atoms with Crippen LogP contribution in [-0.4, -0.2) is 13.2 Å². The molecule has 0 amide bonds. The van der Waals surface area contributed by atoms with E-state index in [0.29, 0.717) is 0 Å². The van der Waals surface area contributed by atoms with Crippen LogP contribution in [-0.2, 0) is 12.8 Å². The van der Waals surface area contributed by atoms with E-state index < -0.39 is 0 Å². The molecule has 0 aliphatic heterocycles. The number of nitrogens with two attached hydrogens (primary N) is 1. The van der Waals surface area contributed by atoms with E-state index in [2.05, 4.69) is 43.3 Å². The molecule has 2 rings (SSSR count). The lowest BCUT2D eigenvalue weighted by Crippen LogP contribution is -2.25. The topological polar surface area (TPSA) is 35.2 Å². The molecule has 100 valence electrons. The van der Waals surface area contributed by atoms with Gasteiger partial charge in [0.1, 0.15) is 5.75 Å². The summed E-state index contributed by atoms with van der Waals surface area (Å²) in [5.74, 6) is 0.885. The van der Waals surface area contributed by atoms with Crippen molar-refractivity contribution in [2.24, 2.45) is 5.73 Å². The smallest absolute Gasteiger partial charge is 0.118 e. The molecule has 1 atom stereocenters. The van der Waals surface area contributed by atoms with Crippen LogP contribution in [0.4, 0.5) is 0 Å². The van der Waals surface area contributed by atoms with Gasteiger partial charge in [-0.25, -0.2) is 0 Å². The Morgan fingerprint density at radius 1 is 0.895 bits per heavy atom. The van der Waals surface area contributed by atoms with E-state index in [1.807, 2.05) is 12.1 Å². The molecule has 0 aliphatic carbocycles. The van der Waals surface area contributed by atoms with Crippen LogP contribution in [0.25, 0.3) is 0 Å². The van der Waals surface area contributed by atoms with Crippen molar-refractivity contribution < 1.29 is 4.74 Å². The molecular weight excluding hydrogens is 234 g/mol. The van der Waals surface area contributed by atoms with Crippen molar-refractivity contribution in [2.75, 3.05) is 7.11 Å². The third-order valence-corrected chi connectivity index (χ3v) is 3.28. The summed E-state index contributed by atoms with van der Waals surface area (Å²) in [6, 6.07) is 16.8. The molecule has 0 saturated carbocycles. The molecule has 0 radical (unpaired) electrons. The van der Waals surface area contributed by atoms with E-state index in [0.717, 1.165) is 18.6 Å². The fraction of sp³-hybridized carbons (Fsp3) is 0.294. The van der Waals surface area contributed by atoms with E-state index in [9.17, 15) is 0 Å². The van der Waals surface area contributed by atoms with Crippen LogP contribution in [0.15, 0.2) is 48.5 Å². The lowest BCUT2D eigenvalue weighted by atomic mass is 9.99. The van der Waals surface area contributed by atoms with Crippen molar-refractivity contribution in [3.63, 3.8) is 0 Å². The minimum absolute atomic E-state index is 0.149. The highest BCUT2D eigenvalue weighted by Gasteiger charge is 2.05. The molecule has 2 heteroatoms. The fourth-order valence-electron chi connectivity index (χ4n) is 2.16. The molecule has 19 heavy (non-hydrogen) atoms. The summed E-state index contributed by atoms with van der Waals surface area (Å²) in [6.07, 6.45) is 1.80. The highest BCUT2D eigenvalue weighted by molar-refractivity contribution is 5.28. The van der Waals surface area contributed by atoms with E-state index >= 15 is 0 Å². The van der Waals surface area contributed by atoms with Gasteiger partial charge in [0.2, 0.25) is 0 Å². The Bertz CT molecular complexity index is 502. The molecule has 2 aromatic rings. The van der Waals surface area contributed by atoms with Gasteiger partial charge in [-0.2, -0.15) is 0 Å². The second-order valence-electron chi connectivity index (χ2n) is 5.00. The lowest BCUT2D eigenvalue weighted by molar-refractivity contribution is 0.414. The van der Waals surface area contributed by atoms with Gasteiger partial charge in [-0.1, -0.05) is 42.0 Å². The van der Waals surface area contributed by atoms with Crippen LogP contribution in [0.1, 0.15) is 16.7 Å². The van der Waals surface area contributed by atoms with Gasteiger partial charge < -0.3 is 10.5 Å². The zero-order chi connectivity index (χ0) is 13.7. The molecule has 0 spiro atoms. The van der Waals surface area contributed by atoms with Gasteiger partial charge >= 0.3 is 0 Å². The maximum absolute atomic E-state index is 6.22. The normalized spacial score (nSPS) is 12.2. The summed E-state index contributed by atoms with van der Waals surface area (Å²) >= 11 is 0. The molecule has 0 saturated heterocycles. The van der Waals surface area contributed by atoms with Crippen LogP contribution in [0.5, 0.6) is 5.75 Å². The van der Waals surface area contributed by atoms with Gasteiger partial charge in [-0.3, -0.25) is 0 Å². The zero-order valence-electron chi connectivity index (χ0n) is 11.6. The van der Waals surface area contributed by atoms with Gasteiger partial charge in [-0.05, 0) is 43.0 Å². The van der Waals surface area contributed by atoms with Crippen LogP contribution in [0, 0.1) is 6.92 Å². The molecule has 0 heterocycles. The number of methoxy groups -OCH3 is 1. The van der Waals surface area contributed by atoms with Crippen molar-refractivity contribution in [3.05, 3.63) is 65.2 Å². The maximum atomic E-state index is 6.22. The van der Waals surface area contributed by atoms with E-state index in [1.54, 1.807) is 7.11 Å². The van der Waals surface area contributed by atoms with Gasteiger partial charge in [-0.15, -0.1) is 0 Å². The molecule has 2 nitrogen and oxygen atoms in total. The summed E-state index contributed by atoms with van der Waals surface area (Å²) in [7, 11) is 1.68. The largest absolute Gasteiger partial charge is 0.497 e. The molecule has 1 unspecified atom stereocenters. The first kappa shape index (κ1) is 13.6. The molecule has 0 aliphatic rings. The summed E-state index contributed by atoms with van der Waals surface area (Å²) in [5.41, 5.74) is 10.0. The average molecular weight is 255 g/mol. The predicted molar refractivity (Wildman–Crippen MR) is 79.6 cm³/mol. The minimum atomic E-state index is 0.149. The zero-order valence-corrected chi connectivity index (χ0v) is 11.6. The van der Waals surface area contributed by atoms with Gasteiger partial charge in [0.25, 0.3) is 0 Å². The molecule has 0 aromatic heterocycles. The number of benzene rings is 2. The summed E-state index contributed by atoms with van der Waals surface area (Å²) in [6.45, 7) is 2.10. The molecule has 2 N–H and O–H groups in total. The molecule has 0 bridgehead atoms. The second kappa shape index (κ2) is 6.39. The Labute approximate surface area is 115 Å². The van der Waals surface area contributed by atoms with Crippen LogP contribution in [0.2, 0.25) is 0 Å². The Kier molecular flexibility index (Phi) is 4.58. The number of hydrogen-bond donors (Lipinski definition) is 1. The van der Waals surface area contributed by atoms with Gasteiger partial charge in [0.15, 0.2) is 0 Å².